The fourth-order valence-corrected chi connectivity index (χ4v) is 3.44. The van der Waals surface area contributed by atoms with Crippen molar-refractivity contribution in [3.05, 3.63) is 47.4 Å². The first-order chi connectivity index (χ1) is 13.0. The van der Waals surface area contributed by atoms with Crippen molar-refractivity contribution in [2.45, 2.75) is 27.7 Å². The van der Waals surface area contributed by atoms with Gasteiger partial charge in [-0.3, -0.25) is 4.98 Å². The monoisotopic (exact) mass is 364 g/mol. The molecule has 4 rings (SSSR count). The maximum absolute atomic E-state index is 4.66. The van der Waals surface area contributed by atoms with Crippen LogP contribution >= 0.6 is 0 Å². The standard InChI is InChI=1S/C19H24N8/c1-13-9-15(3)27(24-13)18-10-17(22-16(4)23-18)25-5-7-26(8-6-25)19-12-20-11-14(2)21-19/h9-12H,5-8H2,1-4H3. The molecule has 1 aliphatic rings. The van der Waals surface area contributed by atoms with Gasteiger partial charge in [0.2, 0.25) is 0 Å². The van der Waals surface area contributed by atoms with Gasteiger partial charge in [-0.2, -0.15) is 5.10 Å². The van der Waals surface area contributed by atoms with E-state index in [1.54, 1.807) is 6.20 Å². The minimum absolute atomic E-state index is 0.752. The number of rotatable bonds is 3. The van der Waals surface area contributed by atoms with Crippen molar-refractivity contribution in [2.75, 3.05) is 36.0 Å². The molecule has 4 heterocycles. The molecule has 0 saturated carbocycles. The highest BCUT2D eigenvalue weighted by molar-refractivity contribution is 5.47. The lowest BCUT2D eigenvalue weighted by Crippen LogP contribution is -2.47. The van der Waals surface area contributed by atoms with E-state index in [-0.39, 0.29) is 0 Å². The summed E-state index contributed by atoms with van der Waals surface area (Å²) in [4.78, 5) is 22.6. The SMILES string of the molecule is Cc1cncc(N2CCN(c3cc(-n4nc(C)cc4C)nc(C)n3)CC2)n1. The number of piperazine rings is 1. The molecule has 3 aromatic heterocycles. The second-order valence-corrected chi connectivity index (χ2v) is 6.96. The van der Waals surface area contributed by atoms with Crippen LogP contribution in [-0.2, 0) is 0 Å². The Morgan fingerprint density at radius 2 is 1.37 bits per heavy atom. The van der Waals surface area contributed by atoms with Crippen LogP contribution in [-0.4, -0.2) is 55.9 Å². The van der Waals surface area contributed by atoms with Gasteiger partial charge in [-0.15, -0.1) is 0 Å². The highest BCUT2D eigenvalue weighted by Crippen LogP contribution is 2.20. The molecule has 1 fully saturated rings. The predicted octanol–water partition coefficient (Wildman–Crippen LogP) is 2.01. The fourth-order valence-electron chi connectivity index (χ4n) is 3.44. The summed E-state index contributed by atoms with van der Waals surface area (Å²) in [6.07, 6.45) is 3.61. The molecule has 8 nitrogen and oxygen atoms in total. The average Bonchev–Trinajstić information content (AvgIpc) is 2.99. The third-order valence-corrected chi connectivity index (χ3v) is 4.71. The predicted molar refractivity (Wildman–Crippen MR) is 105 cm³/mol. The van der Waals surface area contributed by atoms with Gasteiger partial charge in [0.05, 0.1) is 17.6 Å². The van der Waals surface area contributed by atoms with Crippen LogP contribution in [0.1, 0.15) is 22.9 Å². The van der Waals surface area contributed by atoms with Crippen molar-refractivity contribution in [3.63, 3.8) is 0 Å². The van der Waals surface area contributed by atoms with Crippen LogP contribution < -0.4 is 9.80 Å². The molecular weight excluding hydrogens is 340 g/mol. The second-order valence-electron chi connectivity index (χ2n) is 6.96. The van der Waals surface area contributed by atoms with Crippen molar-refractivity contribution in [1.82, 2.24) is 29.7 Å². The molecule has 0 aliphatic carbocycles. The van der Waals surface area contributed by atoms with E-state index in [0.717, 1.165) is 66.5 Å². The minimum Gasteiger partial charge on any atom is -0.353 e. The zero-order chi connectivity index (χ0) is 19.0. The molecule has 0 radical (unpaired) electrons. The summed E-state index contributed by atoms with van der Waals surface area (Å²) < 4.78 is 1.88. The number of hydrogen-bond donors (Lipinski definition) is 0. The summed E-state index contributed by atoms with van der Waals surface area (Å²) in [6.45, 7) is 11.5. The van der Waals surface area contributed by atoms with E-state index in [2.05, 4.69) is 40.9 Å². The first kappa shape index (κ1) is 17.4. The van der Waals surface area contributed by atoms with Crippen molar-refractivity contribution >= 4 is 11.6 Å². The number of aryl methyl sites for hydroxylation is 4. The molecule has 3 aromatic rings. The first-order valence-corrected chi connectivity index (χ1v) is 9.17. The largest absolute Gasteiger partial charge is 0.353 e. The van der Waals surface area contributed by atoms with E-state index in [4.69, 9.17) is 0 Å². The molecule has 0 amide bonds. The summed E-state index contributed by atoms with van der Waals surface area (Å²) in [7, 11) is 0. The summed E-state index contributed by atoms with van der Waals surface area (Å²) in [5.41, 5.74) is 2.99. The van der Waals surface area contributed by atoms with Gasteiger partial charge in [-0.1, -0.05) is 0 Å². The fraction of sp³-hybridized carbons (Fsp3) is 0.421. The maximum Gasteiger partial charge on any atom is 0.159 e. The Labute approximate surface area is 158 Å². The Morgan fingerprint density at radius 3 is 2.00 bits per heavy atom. The zero-order valence-electron chi connectivity index (χ0n) is 16.2. The van der Waals surface area contributed by atoms with Crippen LogP contribution in [0.25, 0.3) is 5.82 Å². The number of hydrogen-bond acceptors (Lipinski definition) is 7. The molecule has 0 unspecified atom stereocenters. The quantitative estimate of drug-likeness (QED) is 0.704. The van der Waals surface area contributed by atoms with Crippen LogP contribution in [0.15, 0.2) is 24.5 Å². The first-order valence-electron chi connectivity index (χ1n) is 9.17. The topological polar surface area (TPSA) is 75.9 Å². The molecule has 8 heteroatoms. The van der Waals surface area contributed by atoms with Crippen LogP contribution in [0, 0.1) is 27.7 Å². The van der Waals surface area contributed by atoms with Crippen molar-refractivity contribution in [2.24, 2.45) is 0 Å². The van der Waals surface area contributed by atoms with E-state index in [1.807, 2.05) is 44.6 Å². The molecular formula is C19H24N8. The molecule has 140 valence electrons. The Kier molecular flexibility index (Phi) is 4.47. The van der Waals surface area contributed by atoms with Crippen molar-refractivity contribution in [3.8, 4) is 5.82 Å². The van der Waals surface area contributed by atoms with Gasteiger partial charge in [-0.05, 0) is 33.8 Å². The molecule has 0 N–H and O–H groups in total. The number of anilines is 2. The molecule has 0 atom stereocenters. The third kappa shape index (κ3) is 3.60. The average molecular weight is 364 g/mol. The van der Waals surface area contributed by atoms with Gasteiger partial charge in [0.15, 0.2) is 5.82 Å². The van der Waals surface area contributed by atoms with Gasteiger partial charge in [0.25, 0.3) is 0 Å². The van der Waals surface area contributed by atoms with Gasteiger partial charge in [0.1, 0.15) is 17.5 Å². The highest BCUT2D eigenvalue weighted by Gasteiger charge is 2.21. The normalized spacial score (nSPS) is 14.7. The lowest BCUT2D eigenvalue weighted by atomic mass is 10.3. The van der Waals surface area contributed by atoms with Gasteiger partial charge in [-0.25, -0.2) is 19.6 Å². The summed E-state index contributed by atoms with van der Waals surface area (Å²) in [5, 5.41) is 4.55. The van der Waals surface area contributed by atoms with E-state index in [1.165, 1.54) is 0 Å². The summed E-state index contributed by atoms with van der Waals surface area (Å²) >= 11 is 0. The summed E-state index contributed by atoms with van der Waals surface area (Å²) in [5.74, 6) is 3.45. The van der Waals surface area contributed by atoms with Crippen LogP contribution in [0.3, 0.4) is 0 Å². The molecule has 1 aliphatic heterocycles. The van der Waals surface area contributed by atoms with E-state index >= 15 is 0 Å². The van der Waals surface area contributed by atoms with E-state index < -0.39 is 0 Å². The minimum atomic E-state index is 0.752. The Morgan fingerprint density at radius 1 is 0.704 bits per heavy atom. The third-order valence-electron chi connectivity index (χ3n) is 4.71. The molecule has 0 spiro atoms. The molecule has 1 saturated heterocycles. The van der Waals surface area contributed by atoms with Crippen LogP contribution in [0.4, 0.5) is 11.6 Å². The Hall–Kier alpha value is -3.03. The second kappa shape index (κ2) is 6.94. The Balaban J connectivity index is 1.54. The number of nitrogens with zero attached hydrogens (tertiary/aromatic N) is 8. The zero-order valence-corrected chi connectivity index (χ0v) is 16.2. The van der Waals surface area contributed by atoms with Gasteiger partial charge >= 0.3 is 0 Å². The van der Waals surface area contributed by atoms with Crippen molar-refractivity contribution in [1.29, 1.82) is 0 Å². The maximum atomic E-state index is 4.66. The van der Waals surface area contributed by atoms with E-state index in [9.17, 15) is 0 Å². The summed E-state index contributed by atoms with van der Waals surface area (Å²) in [6, 6.07) is 4.08. The Bertz CT molecular complexity index is 956. The molecule has 27 heavy (non-hydrogen) atoms. The lowest BCUT2D eigenvalue weighted by Gasteiger charge is -2.36. The highest BCUT2D eigenvalue weighted by atomic mass is 15.3. The van der Waals surface area contributed by atoms with Gasteiger partial charge < -0.3 is 9.80 Å². The van der Waals surface area contributed by atoms with Crippen molar-refractivity contribution < 1.29 is 0 Å². The lowest BCUT2D eigenvalue weighted by molar-refractivity contribution is 0.637. The molecule has 0 bridgehead atoms. The number of aromatic nitrogens is 6. The molecule has 0 aromatic carbocycles. The smallest absolute Gasteiger partial charge is 0.159 e. The van der Waals surface area contributed by atoms with Gasteiger partial charge in [0, 0.05) is 44.1 Å². The van der Waals surface area contributed by atoms with Crippen LogP contribution in [0.2, 0.25) is 0 Å². The van der Waals surface area contributed by atoms with E-state index in [0.29, 0.717) is 0 Å². The van der Waals surface area contributed by atoms with Crippen LogP contribution in [0.5, 0.6) is 0 Å².